The van der Waals surface area contributed by atoms with E-state index in [1.165, 1.54) is 0 Å². The lowest BCUT2D eigenvalue weighted by atomic mass is 10.4. The van der Waals surface area contributed by atoms with Crippen molar-refractivity contribution in [3.8, 4) is 0 Å². The fourth-order valence-corrected chi connectivity index (χ4v) is 1.12. The lowest BCUT2D eigenvalue weighted by molar-refractivity contribution is 0.751. The number of hydrogen-bond donors (Lipinski definition) is 1. The highest BCUT2D eigenvalue weighted by molar-refractivity contribution is 5.35. The van der Waals surface area contributed by atoms with Crippen molar-refractivity contribution < 1.29 is 0 Å². The first-order valence-corrected chi connectivity index (χ1v) is 4.95. The first kappa shape index (κ1) is 10.9. The molecular formula is C10H18N4. The maximum atomic E-state index is 4.46. The van der Waals surface area contributed by atoms with Crippen molar-refractivity contribution >= 4 is 5.82 Å². The van der Waals surface area contributed by atoms with Crippen LogP contribution in [0.25, 0.3) is 0 Å². The van der Waals surface area contributed by atoms with Gasteiger partial charge in [-0.05, 0) is 20.0 Å². The Labute approximate surface area is 85.4 Å². The van der Waals surface area contributed by atoms with Crippen molar-refractivity contribution in [1.82, 2.24) is 15.3 Å². The molecular weight excluding hydrogens is 176 g/mol. The highest BCUT2D eigenvalue weighted by Crippen LogP contribution is 2.06. The van der Waals surface area contributed by atoms with Crippen LogP contribution in [-0.4, -0.2) is 37.2 Å². The van der Waals surface area contributed by atoms with Gasteiger partial charge < -0.3 is 10.2 Å². The van der Waals surface area contributed by atoms with Gasteiger partial charge in [-0.1, -0.05) is 0 Å². The average molecular weight is 194 g/mol. The van der Waals surface area contributed by atoms with Gasteiger partial charge in [-0.2, -0.15) is 0 Å². The van der Waals surface area contributed by atoms with Crippen molar-refractivity contribution in [2.45, 2.75) is 13.3 Å². The van der Waals surface area contributed by atoms with Crippen LogP contribution in [0.2, 0.25) is 0 Å². The third-order valence-corrected chi connectivity index (χ3v) is 2.15. The third-order valence-electron chi connectivity index (χ3n) is 2.15. The van der Waals surface area contributed by atoms with E-state index in [9.17, 15) is 0 Å². The van der Waals surface area contributed by atoms with Crippen LogP contribution in [0.15, 0.2) is 12.3 Å². The van der Waals surface area contributed by atoms with Crippen LogP contribution in [0.4, 0.5) is 5.82 Å². The number of likely N-dealkylation sites (N-methyl/N-ethyl adjacent to an activating group) is 1. The minimum absolute atomic E-state index is 0.877. The van der Waals surface area contributed by atoms with Gasteiger partial charge >= 0.3 is 0 Å². The highest BCUT2D eigenvalue weighted by Gasteiger charge is 2.01. The zero-order valence-electron chi connectivity index (χ0n) is 9.12. The second-order valence-corrected chi connectivity index (χ2v) is 3.20. The summed E-state index contributed by atoms with van der Waals surface area (Å²) in [5.41, 5.74) is 0. The maximum Gasteiger partial charge on any atom is 0.131 e. The van der Waals surface area contributed by atoms with Crippen molar-refractivity contribution in [3.63, 3.8) is 0 Å². The lowest BCUT2D eigenvalue weighted by Gasteiger charge is -2.15. The Morgan fingerprint density at radius 2 is 2.29 bits per heavy atom. The molecule has 1 rings (SSSR count). The molecule has 0 saturated carbocycles. The van der Waals surface area contributed by atoms with Crippen LogP contribution in [-0.2, 0) is 6.42 Å². The van der Waals surface area contributed by atoms with Gasteiger partial charge in [-0.3, -0.25) is 0 Å². The molecule has 1 aromatic rings. The normalized spacial score (nSPS) is 10.2. The Balaban J connectivity index is 2.68. The van der Waals surface area contributed by atoms with Crippen molar-refractivity contribution in [2.24, 2.45) is 0 Å². The quantitative estimate of drug-likeness (QED) is 0.749. The molecule has 1 aromatic heterocycles. The zero-order chi connectivity index (χ0) is 10.4. The molecule has 0 aliphatic heterocycles. The summed E-state index contributed by atoms with van der Waals surface area (Å²) in [6.07, 6.45) is 2.70. The third kappa shape index (κ3) is 2.96. The molecule has 1 N–H and O–H groups in total. The SMILES string of the molecule is CCN(C)c1ccnc(CCNC)n1. The van der Waals surface area contributed by atoms with Crippen molar-refractivity contribution in [2.75, 3.05) is 32.1 Å². The molecule has 0 aromatic carbocycles. The molecule has 0 atom stereocenters. The summed E-state index contributed by atoms with van der Waals surface area (Å²) in [7, 11) is 3.96. The molecule has 0 bridgehead atoms. The van der Waals surface area contributed by atoms with E-state index in [4.69, 9.17) is 0 Å². The average Bonchev–Trinajstić information content (AvgIpc) is 2.25. The standard InChI is InChI=1S/C10H18N4/c1-4-14(3)10-6-8-12-9(13-10)5-7-11-2/h6,8,11H,4-5,7H2,1-3H3. The molecule has 14 heavy (non-hydrogen) atoms. The van der Waals surface area contributed by atoms with Gasteiger partial charge in [0.15, 0.2) is 0 Å². The Morgan fingerprint density at radius 1 is 1.50 bits per heavy atom. The van der Waals surface area contributed by atoms with Crippen LogP contribution >= 0.6 is 0 Å². The van der Waals surface area contributed by atoms with E-state index in [0.29, 0.717) is 0 Å². The van der Waals surface area contributed by atoms with E-state index in [-0.39, 0.29) is 0 Å². The molecule has 0 radical (unpaired) electrons. The topological polar surface area (TPSA) is 41.1 Å². The van der Waals surface area contributed by atoms with Crippen molar-refractivity contribution in [1.29, 1.82) is 0 Å². The molecule has 0 aliphatic carbocycles. The molecule has 0 aliphatic rings. The lowest BCUT2D eigenvalue weighted by Crippen LogP contribution is -2.19. The fraction of sp³-hybridized carbons (Fsp3) is 0.600. The summed E-state index contributed by atoms with van der Waals surface area (Å²) in [6.45, 7) is 3.98. The van der Waals surface area contributed by atoms with Crippen LogP contribution in [0, 0.1) is 0 Å². The minimum Gasteiger partial charge on any atom is -0.360 e. The van der Waals surface area contributed by atoms with Gasteiger partial charge in [0.05, 0.1) is 0 Å². The Morgan fingerprint density at radius 3 is 2.93 bits per heavy atom. The predicted molar refractivity (Wildman–Crippen MR) is 58.6 cm³/mol. The predicted octanol–water partition coefficient (Wildman–Crippen LogP) is 0.695. The number of anilines is 1. The van der Waals surface area contributed by atoms with Crippen LogP contribution in [0.3, 0.4) is 0 Å². The van der Waals surface area contributed by atoms with Gasteiger partial charge in [0.25, 0.3) is 0 Å². The van der Waals surface area contributed by atoms with Crippen LogP contribution in [0.5, 0.6) is 0 Å². The first-order valence-electron chi connectivity index (χ1n) is 4.95. The number of hydrogen-bond acceptors (Lipinski definition) is 4. The van der Waals surface area contributed by atoms with E-state index >= 15 is 0 Å². The minimum atomic E-state index is 0.877. The maximum absolute atomic E-state index is 4.46. The second-order valence-electron chi connectivity index (χ2n) is 3.20. The molecule has 0 unspecified atom stereocenters. The summed E-state index contributed by atoms with van der Waals surface area (Å²) in [5, 5.41) is 3.09. The Hall–Kier alpha value is -1.16. The van der Waals surface area contributed by atoms with E-state index < -0.39 is 0 Å². The summed E-state index contributed by atoms with van der Waals surface area (Å²) in [6, 6.07) is 1.94. The van der Waals surface area contributed by atoms with Gasteiger partial charge in [-0.25, -0.2) is 9.97 Å². The second kappa shape index (κ2) is 5.54. The van der Waals surface area contributed by atoms with Gasteiger partial charge in [-0.15, -0.1) is 0 Å². The van der Waals surface area contributed by atoms with Crippen LogP contribution < -0.4 is 10.2 Å². The zero-order valence-corrected chi connectivity index (χ0v) is 9.12. The van der Waals surface area contributed by atoms with E-state index in [0.717, 1.165) is 31.2 Å². The molecule has 0 saturated heterocycles. The summed E-state index contributed by atoms with van der Waals surface area (Å²) < 4.78 is 0. The number of rotatable bonds is 5. The summed E-state index contributed by atoms with van der Waals surface area (Å²) >= 11 is 0. The van der Waals surface area contributed by atoms with Gasteiger partial charge in [0, 0.05) is 32.8 Å². The Bertz CT molecular complexity index is 275. The molecule has 1 heterocycles. The summed E-state index contributed by atoms with van der Waals surface area (Å²) in [4.78, 5) is 10.8. The summed E-state index contributed by atoms with van der Waals surface area (Å²) in [5.74, 6) is 1.89. The highest BCUT2D eigenvalue weighted by atomic mass is 15.2. The van der Waals surface area contributed by atoms with Crippen LogP contribution in [0.1, 0.15) is 12.7 Å². The number of nitrogens with zero attached hydrogens (tertiary/aromatic N) is 3. The molecule has 4 nitrogen and oxygen atoms in total. The number of nitrogens with one attached hydrogen (secondary N) is 1. The largest absolute Gasteiger partial charge is 0.360 e. The molecule has 0 amide bonds. The molecule has 0 spiro atoms. The Kier molecular flexibility index (Phi) is 4.32. The smallest absolute Gasteiger partial charge is 0.131 e. The van der Waals surface area contributed by atoms with Crippen molar-refractivity contribution in [3.05, 3.63) is 18.1 Å². The van der Waals surface area contributed by atoms with Gasteiger partial charge in [0.2, 0.25) is 0 Å². The monoisotopic (exact) mass is 194 g/mol. The molecule has 0 fully saturated rings. The van der Waals surface area contributed by atoms with E-state index in [1.54, 1.807) is 0 Å². The van der Waals surface area contributed by atoms with E-state index in [1.807, 2.05) is 26.4 Å². The van der Waals surface area contributed by atoms with E-state index in [2.05, 4.69) is 27.1 Å². The molecule has 78 valence electrons. The number of aromatic nitrogens is 2. The first-order chi connectivity index (χ1) is 6.77. The fourth-order valence-electron chi connectivity index (χ4n) is 1.12. The van der Waals surface area contributed by atoms with Gasteiger partial charge in [0.1, 0.15) is 11.6 Å². The molecule has 4 heteroatoms.